The van der Waals surface area contributed by atoms with Crippen molar-refractivity contribution < 1.29 is 19.0 Å². The highest BCUT2D eigenvalue weighted by Gasteiger charge is 2.22. The fraction of sp³-hybridized carbons (Fsp3) is 0.310. The summed E-state index contributed by atoms with van der Waals surface area (Å²) >= 11 is 0. The number of amides is 1. The normalized spacial score (nSPS) is 12.0. The van der Waals surface area contributed by atoms with E-state index in [1.165, 1.54) is 32.5 Å². The van der Waals surface area contributed by atoms with Crippen LogP contribution in [0.4, 0.5) is 0 Å². The first-order valence-corrected chi connectivity index (χ1v) is 12.0. The summed E-state index contributed by atoms with van der Waals surface area (Å²) in [5.41, 5.74) is 4.80. The second kappa shape index (κ2) is 10.7. The molecule has 0 saturated heterocycles. The van der Waals surface area contributed by atoms with Crippen LogP contribution in [0.1, 0.15) is 60.0 Å². The van der Waals surface area contributed by atoms with Crippen molar-refractivity contribution in [3.63, 3.8) is 0 Å². The Labute approximate surface area is 212 Å². The average molecular weight is 488 g/mol. The summed E-state index contributed by atoms with van der Waals surface area (Å²) < 4.78 is 18.4. The fourth-order valence-electron chi connectivity index (χ4n) is 4.34. The van der Waals surface area contributed by atoms with Gasteiger partial charge in [-0.15, -0.1) is 0 Å². The van der Waals surface area contributed by atoms with E-state index in [2.05, 4.69) is 54.1 Å². The van der Waals surface area contributed by atoms with Crippen LogP contribution in [0, 0.1) is 0 Å². The second-order valence-electron chi connectivity index (χ2n) is 9.05. The monoisotopic (exact) mass is 487 g/mol. The molecule has 7 heteroatoms. The minimum Gasteiger partial charge on any atom is -0.493 e. The molecule has 0 saturated carbocycles. The fourth-order valence-corrected chi connectivity index (χ4v) is 4.34. The predicted molar refractivity (Wildman–Crippen MR) is 141 cm³/mol. The highest BCUT2D eigenvalue weighted by Crippen LogP contribution is 2.38. The third-order valence-electron chi connectivity index (χ3n) is 6.33. The first-order chi connectivity index (χ1) is 17.4. The Bertz CT molecular complexity index is 1330. The molecule has 1 heterocycles. The summed E-state index contributed by atoms with van der Waals surface area (Å²) in [4.78, 5) is 18.1. The lowest BCUT2D eigenvalue weighted by molar-refractivity contribution is 0.0937. The zero-order valence-corrected chi connectivity index (χ0v) is 21.7. The van der Waals surface area contributed by atoms with Crippen molar-refractivity contribution in [1.82, 2.24) is 14.9 Å². The minimum atomic E-state index is -0.348. The molecule has 1 amide bonds. The van der Waals surface area contributed by atoms with Crippen molar-refractivity contribution in [1.29, 1.82) is 0 Å². The molecule has 1 unspecified atom stereocenters. The van der Waals surface area contributed by atoms with Crippen molar-refractivity contribution in [2.45, 2.75) is 39.3 Å². The SMILES string of the molecule is COc1cc(C(=O)NC(C)c2nc3ccccc3n2Cc2ccc(C(C)C)cc2)cc(OC)c1OC. The molecule has 0 aliphatic carbocycles. The number of methoxy groups -OCH3 is 3. The number of fused-ring (bicyclic) bond motifs is 1. The molecular weight excluding hydrogens is 454 g/mol. The van der Waals surface area contributed by atoms with Gasteiger partial charge in [0.1, 0.15) is 5.82 Å². The minimum absolute atomic E-state index is 0.262. The van der Waals surface area contributed by atoms with E-state index in [9.17, 15) is 4.79 Å². The van der Waals surface area contributed by atoms with E-state index in [4.69, 9.17) is 19.2 Å². The van der Waals surface area contributed by atoms with Crippen LogP contribution in [0.3, 0.4) is 0 Å². The number of aromatic nitrogens is 2. The van der Waals surface area contributed by atoms with E-state index in [0.717, 1.165) is 16.9 Å². The van der Waals surface area contributed by atoms with Crippen LogP contribution in [-0.4, -0.2) is 36.8 Å². The Balaban J connectivity index is 1.65. The highest BCUT2D eigenvalue weighted by atomic mass is 16.5. The molecule has 36 heavy (non-hydrogen) atoms. The van der Waals surface area contributed by atoms with E-state index in [1.54, 1.807) is 12.1 Å². The number of para-hydroxylation sites is 2. The summed E-state index contributed by atoms with van der Waals surface area (Å²) in [5.74, 6) is 2.29. The molecule has 0 spiro atoms. The first kappa shape index (κ1) is 25.1. The van der Waals surface area contributed by atoms with Gasteiger partial charge in [0.2, 0.25) is 5.75 Å². The van der Waals surface area contributed by atoms with Crippen LogP contribution in [-0.2, 0) is 6.54 Å². The standard InChI is InChI=1S/C29H33N3O4/c1-18(2)21-13-11-20(12-14-21)17-32-24-10-8-7-9-23(24)31-28(32)19(3)30-29(33)22-15-25(34-4)27(36-6)26(16-22)35-5/h7-16,18-19H,17H2,1-6H3,(H,30,33). The topological polar surface area (TPSA) is 74.6 Å². The van der Waals surface area contributed by atoms with Crippen LogP contribution in [0.5, 0.6) is 17.2 Å². The van der Waals surface area contributed by atoms with Gasteiger partial charge in [0.15, 0.2) is 11.5 Å². The number of nitrogens with one attached hydrogen (secondary N) is 1. The Kier molecular flexibility index (Phi) is 7.48. The predicted octanol–water partition coefficient (Wildman–Crippen LogP) is 5.72. The smallest absolute Gasteiger partial charge is 0.252 e. The zero-order valence-electron chi connectivity index (χ0n) is 21.7. The van der Waals surface area contributed by atoms with Gasteiger partial charge >= 0.3 is 0 Å². The molecule has 0 aliphatic rings. The third-order valence-corrected chi connectivity index (χ3v) is 6.33. The molecule has 0 fully saturated rings. The Hall–Kier alpha value is -4.00. The maximum atomic E-state index is 13.3. The van der Waals surface area contributed by atoms with E-state index >= 15 is 0 Å². The maximum absolute atomic E-state index is 13.3. The Morgan fingerprint density at radius 2 is 1.56 bits per heavy atom. The molecular formula is C29H33N3O4. The van der Waals surface area contributed by atoms with Gasteiger partial charge in [-0.1, -0.05) is 50.2 Å². The molecule has 3 aromatic carbocycles. The lowest BCUT2D eigenvalue weighted by Crippen LogP contribution is -2.29. The van der Waals surface area contributed by atoms with Crippen molar-refractivity contribution in [2.75, 3.05) is 21.3 Å². The molecule has 0 aliphatic heterocycles. The molecule has 0 radical (unpaired) electrons. The zero-order chi connectivity index (χ0) is 25.8. The summed E-state index contributed by atoms with van der Waals surface area (Å²) in [6.07, 6.45) is 0. The lowest BCUT2D eigenvalue weighted by Gasteiger charge is -2.18. The van der Waals surface area contributed by atoms with E-state index in [-0.39, 0.29) is 11.9 Å². The molecule has 188 valence electrons. The van der Waals surface area contributed by atoms with E-state index < -0.39 is 0 Å². The summed E-state index contributed by atoms with van der Waals surface area (Å²) in [6.45, 7) is 6.97. The number of rotatable bonds is 9. The second-order valence-corrected chi connectivity index (χ2v) is 9.05. The van der Waals surface area contributed by atoms with Gasteiger partial charge in [0.25, 0.3) is 5.91 Å². The summed E-state index contributed by atoms with van der Waals surface area (Å²) in [5, 5.41) is 3.09. The van der Waals surface area contributed by atoms with Crippen LogP contribution in [0.2, 0.25) is 0 Å². The lowest BCUT2D eigenvalue weighted by atomic mass is 10.0. The van der Waals surface area contributed by atoms with Gasteiger partial charge in [0, 0.05) is 12.1 Å². The van der Waals surface area contributed by atoms with Gasteiger partial charge in [-0.25, -0.2) is 4.98 Å². The van der Waals surface area contributed by atoms with Gasteiger partial charge in [-0.2, -0.15) is 0 Å². The van der Waals surface area contributed by atoms with Crippen LogP contribution < -0.4 is 19.5 Å². The van der Waals surface area contributed by atoms with Gasteiger partial charge < -0.3 is 24.1 Å². The number of benzene rings is 3. The molecule has 4 aromatic rings. The molecule has 1 N–H and O–H groups in total. The largest absolute Gasteiger partial charge is 0.493 e. The Morgan fingerprint density at radius 3 is 2.14 bits per heavy atom. The van der Waals surface area contributed by atoms with Crippen molar-refractivity contribution >= 4 is 16.9 Å². The first-order valence-electron chi connectivity index (χ1n) is 12.0. The van der Waals surface area contributed by atoms with Crippen molar-refractivity contribution in [3.8, 4) is 17.2 Å². The number of nitrogens with zero attached hydrogens (tertiary/aromatic N) is 2. The molecule has 1 atom stereocenters. The van der Waals surface area contributed by atoms with Crippen LogP contribution in [0.25, 0.3) is 11.0 Å². The van der Waals surface area contributed by atoms with Crippen LogP contribution >= 0.6 is 0 Å². The van der Waals surface area contributed by atoms with Gasteiger partial charge in [-0.3, -0.25) is 4.79 Å². The quantitative estimate of drug-likeness (QED) is 0.327. The number of carbonyl (C=O) groups is 1. The summed E-state index contributed by atoms with van der Waals surface area (Å²) in [7, 11) is 4.58. The maximum Gasteiger partial charge on any atom is 0.252 e. The number of imidazole rings is 1. The van der Waals surface area contributed by atoms with Crippen molar-refractivity contribution in [3.05, 3.63) is 83.2 Å². The highest BCUT2D eigenvalue weighted by molar-refractivity contribution is 5.96. The number of ether oxygens (including phenoxy) is 3. The third kappa shape index (κ3) is 5.00. The number of carbonyl (C=O) groups excluding carboxylic acids is 1. The Morgan fingerprint density at radius 1 is 0.917 bits per heavy atom. The molecule has 7 nitrogen and oxygen atoms in total. The molecule has 0 bridgehead atoms. The average Bonchev–Trinajstić information content (AvgIpc) is 3.26. The van der Waals surface area contributed by atoms with E-state index in [1.807, 2.05) is 25.1 Å². The van der Waals surface area contributed by atoms with E-state index in [0.29, 0.717) is 35.3 Å². The van der Waals surface area contributed by atoms with Gasteiger partial charge in [-0.05, 0) is 48.2 Å². The molecule has 1 aromatic heterocycles. The van der Waals surface area contributed by atoms with Gasteiger partial charge in [0.05, 0.1) is 38.4 Å². The van der Waals surface area contributed by atoms with Crippen LogP contribution in [0.15, 0.2) is 60.7 Å². The number of hydrogen-bond acceptors (Lipinski definition) is 5. The summed E-state index contributed by atoms with van der Waals surface area (Å²) in [6, 6.07) is 19.6. The number of hydrogen-bond donors (Lipinski definition) is 1. The molecule has 4 rings (SSSR count). The van der Waals surface area contributed by atoms with Crippen molar-refractivity contribution in [2.24, 2.45) is 0 Å².